The number of aromatic nitrogens is 1. The van der Waals surface area contributed by atoms with Gasteiger partial charge in [-0.2, -0.15) is 0 Å². The van der Waals surface area contributed by atoms with Gasteiger partial charge >= 0.3 is 5.97 Å². The van der Waals surface area contributed by atoms with Gasteiger partial charge in [-0.1, -0.05) is 24.1 Å². The molecule has 0 unspecified atom stereocenters. The van der Waals surface area contributed by atoms with Crippen LogP contribution in [0.2, 0.25) is 5.15 Å². The van der Waals surface area contributed by atoms with Crippen LogP contribution >= 0.6 is 11.6 Å². The number of esters is 1. The Kier molecular flexibility index (Phi) is 3.21. The quantitative estimate of drug-likeness (QED) is 0.586. The van der Waals surface area contributed by atoms with Gasteiger partial charge in [0.1, 0.15) is 11.8 Å². The lowest BCUT2D eigenvalue weighted by Crippen LogP contribution is -2.23. The fraction of sp³-hybridized carbons (Fsp3) is 0.455. The molecule has 1 aromatic rings. The highest BCUT2D eigenvalue weighted by atomic mass is 35.5. The molecule has 1 saturated carbocycles. The summed E-state index contributed by atoms with van der Waals surface area (Å²) >= 11 is 5.64. The van der Waals surface area contributed by atoms with E-state index in [1.807, 2.05) is 6.07 Å². The summed E-state index contributed by atoms with van der Waals surface area (Å²) < 4.78 is 5.15. The summed E-state index contributed by atoms with van der Waals surface area (Å²) in [5, 5.41) is 0.448. The van der Waals surface area contributed by atoms with Gasteiger partial charge in [0.2, 0.25) is 0 Å². The second-order valence-electron chi connectivity index (χ2n) is 3.72. The van der Waals surface area contributed by atoms with Gasteiger partial charge in [-0.05, 0) is 18.9 Å². The molecule has 1 aliphatic carbocycles. The van der Waals surface area contributed by atoms with E-state index in [1.165, 1.54) is 0 Å². The smallest absolute Gasteiger partial charge is 0.309 e. The van der Waals surface area contributed by atoms with Crippen molar-refractivity contribution in [1.82, 2.24) is 4.98 Å². The van der Waals surface area contributed by atoms with Crippen molar-refractivity contribution in [2.45, 2.75) is 25.9 Å². The third-order valence-electron chi connectivity index (χ3n) is 2.61. The fourth-order valence-corrected chi connectivity index (χ4v) is 1.52. The third kappa shape index (κ3) is 2.69. The monoisotopic (exact) mass is 225 g/mol. The first-order valence-corrected chi connectivity index (χ1v) is 5.40. The maximum Gasteiger partial charge on any atom is 0.309 e. The van der Waals surface area contributed by atoms with Crippen molar-refractivity contribution in [3.05, 3.63) is 29.0 Å². The van der Waals surface area contributed by atoms with Crippen LogP contribution in [0.3, 0.4) is 0 Å². The molecule has 1 heterocycles. The number of nitrogens with zero attached hydrogens (tertiary/aromatic N) is 1. The fourth-order valence-electron chi connectivity index (χ4n) is 1.41. The van der Waals surface area contributed by atoms with E-state index in [1.54, 1.807) is 12.3 Å². The van der Waals surface area contributed by atoms with E-state index < -0.39 is 0 Å². The maximum atomic E-state index is 11.4. The minimum atomic E-state index is -0.0869. The van der Waals surface area contributed by atoms with Gasteiger partial charge in [0.05, 0.1) is 5.92 Å². The van der Waals surface area contributed by atoms with Crippen LogP contribution in [-0.4, -0.2) is 11.0 Å². The van der Waals surface area contributed by atoms with Crippen molar-refractivity contribution in [2.75, 3.05) is 0 Å². The van der Waals surface area contributed by atoms with Gasteiger partial charge < -0.3 is 4.74 Å². The molecule has 1 aliphatic rings. The number of ether oxygens (including phenoxy) is 1. The van der Waals surface area contributed by atoms with Crippen molar-refractivity contribution < 1.29 is 9.53 Å². The largest absolute Gasteiger partial charge is 0.461 e. The van der Waals surface area contributed by atoms with Crippen molar-refractivity contribution in [2.24, 2.45) is 5.92 Å². The highest BCUT2D eigenvalue weighted by Gasteiger charge is 2.26. The first-order chi connectivity index (χ1) is 7.25. The molecule has 0 amide bonds. The lowest BCUT2D eigenvalue weighted by molar-refractivity contribution is -0.152. The summed E-state index contributed by atoms with van der Waals surface area (Å²) in [6, 6.07) is 3.50. The third-order valence-corrected chi connectivity index (χ3v) is 2.83. The summed E-state index contributed by atoms with van der Waals surface area (Å²) in [5.41, 5.74) is 0.868. The minimum Gasteiger partial charge on any atom is -0.461 e. The van der Waals surface area contributed by atoms with Gasteiger partial charge in [-0.3, -0.25) is 4.79 Å². The maximum absolute atomic E-state index is 11.4. The van der Waals surface area contributed by atoms with Gasteiger partial charge in [0, 0.05) is 11.8 Å². The van der Waals surface area contributed by atoms with Gasteiger partial charge in [0.25, 0.3) is 0 Å². The summed E-state index contributed by atoms with van der Waals surface area (Å²) in [5.74, 6) is 0.0430. The number of carbonyl (C=O) groups excluding carboxylic acids is 1. The van der Waals surface area contributed by atoms with E-state index in [2.05, 4.69) is 4.98 Å². The van der Waals surface area contributed by atoms with Crippen molar-refractivity contribution in [1.29, 1.82) is 0 Å². The zero-order chi connectivity index (χ0) is 10.7. The van der Waals surface area contributed by atoms with Crippen LogP contribution in [-0.2, 0) is 16.1 Å². The Balaban J connectivity index is 1.82. The van der Waals surface area contributed by atoms with Crippen LogP contribution in [0.5, 0.6) is 0 Å². The molecule has 80 valence electrons. The Bertz CT molecular complexity index is 346. The predicted molar refractivity (Wildman–Crippen MR) is 56.4 cm³/mol. The molecule has 3 nitrogen and oxygen atoms in total. The average Bonchev–Trinajstić information content (AvgIpc) is 2.14. The van der Waals surface area contributed by atoms with Crippen molar-refractivity contribution in [3.63, 3.8) is 0 Å². The minimum absolute atomic E-state index is 0.0869. The van der Waals surface area contributed by atoms with Crippen LogP contribution in [0.15, 0.2) is 18.3 Å². The Morgan fingerprint density at radius 1 is 1.53 bits per heavy atom. The predicted octanol–water partition coefficient (Wildman–Crippen LogP) is 2.58. The molecule has 0 radical (unpaired) electrons. The summed E-state index contributed by atoms with van der Waals surface area (Å²) in [6.45, 7) is 0.291. The Morgan fingerprint density at radius 3 is 2.87 bits per heavy atom. The van der Waals surface area contributed by atoms with Crippen molar-refractivity contribution >= 4 is 17.6 Å². The Hall–Kier alpha value is -1.09. The summed E-state index contributed by atoms with van der Waals surface area (Å²) in [4.78, 5) is 15.3. The standard InChI is InChI=1S/C11H12ClNO2/c12-10-5-4-8(6-13-10)7-15-11(14)9-2-1-3-9/h4-6,9H,1-3,7H2. The molecule has 1 aromatic heterocycles. The number of hydrogen-bond donors (Lipinski definition) is 0. The molecule has 0 aliphatic heterocycles. The molecule has 15 heavy (non-hydrogen) atoms. The molecule has 0 bridgehead atoms. The van der Waals surface area contributed by atoms with Crippen LogP contribution < -0.4 is 0 Å². The first kappa shape index (κ1) is 10.4. The van der Waals surface area contributed by atoms with E-state index >= 15 is 0 Å². The lowest BCUT2D eigenvalue weighted by atomic mass is 9.86. The number of carbonyl (C=O) groups is 1. The number of pyridine rings is 1. The highest BCUT2D eigenvalue weighted by molar-refractivity contribution is 6.29. The van der Waals surface area contributed by atoms with E-state index in [4.69, 9.17) is 16.3 Å². The van der Waals surface area contributed by atoms with Crippen LogP contribution in [0, 0.1) is 5.92 Å². The highest BCUT2D eigenvalue weighted by Crippen LogP contribution is 2.27. The summed E-state index contributed by atoms with van der Waals surface area (Å²) in [6.07, 6.45) is 4.70. The number of rotatable bonds is 3. The first-order valence-electron chi connectivity index (χ1n) is 5.03. The second kappa shape index (κ2) is 4.62. The van der Waals surface area contributed by atoms with E-state index in [0.29, 0.717) is 11.8 Å². The van der Waals surface area contributed by atoms with Gasteiger partial charge in [-0.25, -0.2) is 4.98 Å². The molecule has 2 rings (SSSR count). The second-order valence-corrected chi connectivity index (χ2v) is 4.11. The molecule has 0 saturated heterocycles. The zero-order valence-corrected chi connectivity index (χ0v) is 9.04. The molecular weight excluding hydrogens is 214 g/mol. The molecule has 0 aromatic carbocycles. The molecule has 0 spiro atoms. The molecule has 4 heteroatoms. The zero-order valence-electron chi connectivity index (χ0n) is 8.28. The van der Waals surface area contributed by atoms with Crippen molar-refractivity contribution in [3.8, 4) is 0 Å². The molecule has 0 atom stereocenters. The topological polar surface area (TPSA) is 39.2 Å². The van der Waals surface area contributed by atoms with Crippen LogP contribution in [0.4, 0.5) is 0 Å². The SMILES string of the molecule is O=C(OCc1ccc(Cl)nc1)C1CCC1. The number of hydrogen-bond acceptors (Lipinski definition) is 3. The van der Waals surface area contributed by atoms with E-state index in [9.17, 15) is 4.79 Å². The van der Waals surface area contributed by atoms with Crippen LogP contribution in [0.1, 0.15) is 24.8 Å². The molecule has 0 N–H and O–H groups in total. The molecular formula is C11H12ClNO2. The summed E-state index contributed by atoms with van der Waals surface area (Å²) in [7, 11) is 0. The van der Waals surface area contributed by atoms with Crippen LogP contribution in [0.25, 0.3) is 0 Å². The number of halogens is 1. The average molecular weight is 226 g/mol. The van der Waals surface area contributed by atoms with E-state index in [0.717, 1.165) is 24.8 Å². The normalized spacial score (nSPS) is 15.8. The molecule has 1 fully saturated rings. The van der Waals surface area contributed by atoms with Gasteiger partial charge in [-0.15, -0.1) is 0 Å². The Labute approximate surface area is 93.4 Å². The Morgan fingerprint density at radius 2 is 2.33 bits per heavy atom. The van der Waals surface area contributed by atoms with Gasteiger partial charge in [0.15, 0.2) is 0 Å². The van der Waals surface area contributed by atoms with E-state index in [-0.39, 0.29) is 11.9 Å². The lowest BCUT2D eigenvalue weighted by Gasteiger charge is -2.22.